The number of carbonyl (C=O) groups is 1. The Morgan fingerprint density at radius 2 is 2.07 bits per heavy atom. The fourth-order valence-corrected chi connectivity index (χ4v) is 2.69. The van der Waals surface area contributed by atoms with E-state index in [2.05, 4.69) is 19.2 Å². The van der Waals surface area contributed by atoms with Crippen LogP contribution in [0.5, 0.6) is 0 Å². The molecule has 0 rings (SSSR count). The Bertz CT molecular complexity index is 168. The van der Waals surface area contributed by atoms with Crippen molar-refractivity contribution < 1.29 is 4.79 Å². The molecular weight excluding hydrogens is 228 g/mol. The minimum atomic E-state index is 0.175. The van der Waals surface area contributed by atoms with Crippen molar-refractivity contribution in [2.45, 2.75) is 26.7 Å². The van der Waals surface area contributed by atoms with E-state index in [9.17, 15) is 4.79 Å². The largest absolute Gasteiger partial charge is 0.355 e. The predicted octanol–water partition coefficient (Wildman–Crippen LogP) is 1.88. The van der Waals surface area contributed by atoms with Gasteiger partial charge in [0.05, 0.1) is 0 Å². The van der Waals surface area contributed by atoms with Gasteiger partial charge in [-0.3, -0.25) is 4.79 Å². The van der Waals surface area contributed by atoms with Gasteiger partial charge in [-0.15, -0.1) is 0 Å². The van der Waals surface area contributed by atoms with Crippen molar-refractivity contribution in [2.75, 3.05) is 24.6 Å². The maximum Gasteiger partial charge on any atom is 0.220 e. The number of rotatable bonds is 9. The van der Waals surface area contributed by atoms with Gasteiger partial charge in [-0.25, -0.2) is 0 Å². The van der Waals surface area contributed by atoms with Crippen LogP contribution in [0.3, 0.4) is 0 Å². The third-order valence-corrected chi connectivity index (χ3v) is 4.46. The van der Waals surface area contributed by atoms with Gasteiger partial charge in [0, 0.05) is 31.0 Å². The van der Waals surface area contributed by atoms with Crippen molar-refractivity contribution in [1.82, 2.24) is 5.32 Å². The zero-order valence-electron chi connectivity index (χ0n) is 9.62. The lowest BCUT2D eigenvalue weighted by atomic mass is 10.1. The first-order valence-corrected chi connectivity index (χ1v) is 7.90. The summed E-state index contributed by atoms with van der Waals surface area (Å²) in [5, 5.41) is 2.92. The fraction of sp³-hybridized carbons (Fsp3) is 0.900. The van der Waals surface area contributed by atoms with E-state index in [1.807, 2.05) is 0 Å². The molecule has 0 aliphatic heterocycles. The molecule has 0 fully saturated rings. The van der Waals surface area contributed by atoms with Crippen LogP contribution in [-0.2, 0) is 4.79 Å². The first-order chi connectivity index (χ1) is 7.20. The molecule has 15 heavy (non-hydrogen) atoms. The number of nitrogens with one attached hydrogen (secondary N) is 1. The molecule has 5 heteroatoms. The standard InChI is InChI=1S/C10H22N2OS2/c1-3-9(2)8-10(13)12-5-7-15-14-6-4-11/h9H,3-8,11H2,1-2H3,(H,12,13). The van der Waals surface area contributed by atoms with E-state index in [0.717, 1.165) is 31.0 Å². The summed E-state index contributed by atoms with van der Waals surface area (Å²) in [6.45, 7) is 5.69. The Labute approximate surface area is 101 Å². The van der Waals surface area contributed by atoms with E-state index in [1.54, 1.807) is 21.6 Å². The van der Waals surface area contributed by atoms with Gasteiger partial charge in [-0.2, -0.15) is 0 Å². The molecule has 0 bridgehead atoms. The highest BCUT2D eigenvalue weighted by atomic mass is 33.1. The van der Waals surface area contributed by atoms with E-state index < -0.39 is 0 Å². The molecule has 0 aliphatic carbocycles. The molecule has 0 aromatic rings. The first kappa shape index (κ1) is 15.1. The van der Waals surface area contributed by atoms with Gasteiger partial charge in [0.15, 0.2) is 0 Å². The lowest BCUT2D eigenvalue weighted by Gasteiger charge is -2.08. The molecule has 0 aromatic carbocycles. The SMILES string of the molecule is CCC(C)CC(=O)NCCSSCCN. The molecule has 90 valence electrons. The lowest BCUT2D eigenvalue weighted by molar-refractivity contribution is -0.121. The molecule has 0 saturated carbocycles. The second-order valence-electron chi connectivity index (χ2n) is 3.50. The molecule has 1 unspecified atom stereocenters. The van der Waals surface area contributed by atoms with Crippen LogP contribution in [0.2, 0.25) is 0 Å². The summed E-state index contributed by atoms with van der Waals surface area (Å²) in [5.41, 5.74) is 5.36. The van der Waals surface area contributed by atoms with Crippen LogP contribution in [0.1, 0.15) is 26.7 Å². The molecular formula is C10H22N2OS2. The van der Waals surface area contributed by atoms with Gasteiger partial charge < -0.3 is 11.1 Å². The zero-order chi connectivity index (χ0) is 11.5. The van der Waals surface area contributed by atoms with Crippen molar-refractivity contribution in [3.8, 4) is 0 Å². The second-order valence-corrected chi connectivity index (χ2v) is 6.20. The Morgan fingerprint density at radius 3 is 2.67 bits per heavy atom. The third-order valence-electron chi connectivity index (χ3n) is 2.02. The Hall–Kier alpha value is 0.130. The second kappa shape index (κ2) is 10.6. The van der Waals surface area contributed by atoms with Gasteiger partial charge in [0.1, 0.15) is 0 Å². The van der Waals surface area contributed by atoms with Crippen molar-refractivity contribution in [2.24, 2.45) is 11.7 Å². The molecule has 3 nitrogen and oxygen atoms in total. The van der Waals surface area contributed by atoms with E-state index >= 15 is 0 Å². The number of hydrogen-bond acceptors (Lipinski definition) is 4. The van der Waals surface area contributed by atoms with Crippen molar-refractivity contribution in [3.63, 3.8) is 0 Å². The zero-order valence-corrected chi connectivity index (χ0v) is 11.3. The smallest absolute Gasteiger partial charge is 0.220 e. The van der Waals surface area contributed by atoms with Gasteiger partial charge in [-0.05, 0) is 5.92 Å². The van der Waals surface area contributed by atoms with Crippen molar-refractivity contribution >= 4 is 27.5 Å². The minimum Gasteiger partial charge on any atom is -0.355 e. The van der Waals surface area contributed by atoms with Gasteiger partial charge >= 0.3 is 0 Å². The Kier molecular flexibility index (Phi) is 10.7. The van der Waals surface area contributed by atoms with Crippen molar-refractivity contribution in [3.05, 3.63) is 0 Å². The van der Waals surface area contributed by atoms with E-state index in [4.69, 9.17) is 5.73 Å². The quantitative estimate of drug-likeness (QED) is 0.484. The topological polar surface area (TPSA) is 55.1 Å². The molecule has 1 atom stereocenters. The molecule has 3 N–H and O–H groups in total. The summed E-state index contributed by atoms with van der Waals surface area (Å²) < 4.78 is 0. The van der Waals surface area contributed by atoms with E-state index in [0.29, 0.717) is 12.3 Å². The number of amides is 1. The van der Waals surface area contributed by atoms with Crippen LogP contribution in [-0.4, -0.2) is 30.5 Å². The summed E-state index contributed by atoms with van der Waals surface area (Å²) in [6, 6.07) is 0. The lowest BCUT2D eigenvalue weighted by Crippen LogP contribution is -2.26. The highest BCUT2D eigenvalue weighted by Gasteiger charge is 2.05. The van der Waals surface area contributed by atoms with Crippen LogP contribution in [0.4, 0.5) is 0 Å². The molecule has 0 aliphatic rings. The fourth-order valence-electron chi connectivity index (χ4n) is 0.931. The minimum absolute atomic E-state index is 0.175. The van der Waals surface area contributed by atoms with Crippen molar-refractivity contribution in [1.29, 1.82) is 0 Å². The molecule has 0 radical (unpaired) electrons. The first-order valence-electron chi connectivity index (χ1n) is 5.41. The number of nitrogens with two attached hydrogens (primary N) is 1. The maximum absolute atomic E-state index is 11.4. The van der Waals surface area contributed by atoms with Gasteiger partial charge in [0.2, 0.25) is 5.91 Å². The molecule has 0 saturated heterocycles. The Morgan fingerprint density at radius 1 is 1.40 bits per heavy atom. The highest BCUT2D eigenvalue weighted by Crippen LogP contribution is 2.18. The van der Waals surface area contributed by atoms with Crippen LogP contribution < -0.4 is 11.1 Å². The monoisotopic (exact) mass is 250 g/mol. The summed E-state index contributed by atoms with van der Waals surface area (Å²) >= 11 is 0. The Balaban J connectivity index is 3.24. The predicted molar refractivity (Wildman–Crippen MR) is 71.1 cm³/mol. The summed E-state index contributed by atoms with van der Waals surface area (Å²) in [4.78, 5) is 11.4. The molecule has 0 heterocycles. The molecule has 1 amide bonds. The maximum atomic E-state index is 11.4. The number of carbonyl (C=O) groups excluding carboxylic acids is 1. The average molecular weight is 250 g/mol. The van der Waals surface area contributed by atoms with Gasteiger partial charge in [-0.1, -0.05) is 41.9 Å². The van der Waals surface area contributed by atoms with Crippen LogP contribution in [0.25, 0.3) is 0 Å². The van der Waals surface area contributed by atoms with E-state index in [-0.39, 0.29) is 5.91 Å². The van der Waals surface area contributed by atoms with Crippen LogP contribution in [0.15, 0.2) is 0 Å². The van der Waals surface area contributed by atoms with Crippen LogP contribution in [0, 0.1) is 5.92 Å². The van der Waals surface area contributed by atoms with E-state index in [1.165, 1.54) is 0 Å². The highest BCUT2D eigenvalue weighted by molar-refractivity contribution is 8.76. The van der Waals surface area contributed by atoms with Crippen LogP contribution >= 0.6 is 21.6 Å². The molecule has 0 aromatic heterocycles. The summed E-state index contributed by atoms with van der Waals surface area (Å²) in [5.74, 6) is 2.60. The van der Waals surface area contributed by atoms with Gasteiger partial charge in [0.25, 0.3) is 0 Å². The third kappa shape index (κ3) is 10.4. The summed E-state index contributed by atoms with van der Waals surface area (Å²) in [6.07, 6.45) is 1.71. The normalized spacial score (nSPS) is 12.5. The molecule has 0 spiro atoms. The summed E-state index contributed by atoms with van der Waals surface area (Å²) in [7, 11) is 3.53. The average Bonchev–Trinajstić information content (AvgIpc) is 2.23. The number of hydrogen-bond donors (Lipinski definition) is 2.